The van der Waals surface area contributed by atoms with Crippen molar-refractivity contribution < 1.29 is 13.3 Å². The molecule has 0 unspecified atom stereocenters. The maximum atomic E-state index is 12.3. The molecule has 0 atom stereocenters. The highest BCUT2D eigenvalue weighted by Gasteiger charge is 2.21. The van der Waals surface area contributed by atoms with Gasteiger partial charge < -0.3 is 4.90 Å². The molecule has 6 nitrogen and oxygen atoms in total. The summed E-state index contributed by atoms with van der Waals surface area (Å²) in [6, 6.07) is 3.94. The van der Waals surface area contributed by atoms with Gasteiger partial charge in [-0.3, -0.25) is 10.1 Å². The van der Waals surface area contributed by atoms with Crippen LogP contribution in [0.1, 0.15) is 19.4 Å². The number of nitrogens with zero attached hydrogens (tertiary/aromatic N) is 2. The molecule has 0 N–H and O–H groups in total. The second-order valence-corrected chi connectivity index (χ2v) is 6.63. The molecular weight excluding hydrogens is 280 g/mol. The zero-order valence-corrected chi connectivity index (χ0v) is 12.8. The van der Waals surface area contributed by atoms with Gasteiger partial charge in [0, 0.05) is 18.7 Å². The van der Waals surface area contributed by atoms with Gasteiger partial charge in [0.2, 0.25) is 0 Å². The Bertz CT molecular complexity index is 580. The van der Waals surface area contributed by atoms with Crippen molar-refractivity contribution in [1.29, 1.82) is 0 Å². The third-order valence-electron chi connectivity index (χ3n) is 3.29. The van der Waals surface area contributed by atoms with Gasteiger partial charge in [-0.15, -0.1) is 0 Å². The number of hydrogen-bond donors (Lipinski definition) is 0. The van der Waals surface area contributed by atoms with Gasteiger partial charge in [0.05, 0.1) is 15.6 Å². The van der Waals surface area contributed by atoms with Crippen molar-refractivity contribution in [3.63, 3.8) is 0 Å². The van der Waals surface area contributed by atoms with Crippen LogP contribution in [0.4, 0.5) is 5.69 Å². The molecule has 1 aromatic carbocycles. The Kier molecular flexibility index (Phi) is 5.64. The lowest BCUT2D eigenvalue weighted by Gasteiger charge is -2.18. The van der Waals surface area contributed by atoms with Crippen LogP contribution in [0.2, 0.25) is 0 Å². The molecular formula is C13H20N2O4S. The predicted molar refractivity (Wildman–Crippen MR) is 77.7 cm³/mol. The molecule has 0 aliphatic rings. The van der Waals surface area contributed by atoms with Crippen molar-refractivity contribution in [1.82, 2.24) is 4.90 Å². The van der Waals surface area contributed by atoms with Gasteiger partial charge in [0.15, 0.2) is 9.84 Å². The van der Waals surface area contributed by atoms with E-state index in [9.17, 15) is 18.5 Å². The van der Waals surface area contributed by atoms with Crippen LogP contribution in [0.5, 0.6) is 0 Å². The van der Waals surface area contributed by atoms with E-state index in [1.54, 1.807) is 6.92 Å². The molecule has 20 heavy (non-hydrogen) atoms. The first-order valence-corrected chi connectivity index (χ1v) is 8.17. The predicted octanol–water partition coefficient (Wildman–Crippen LogP) is 2.02. The Morgan fingerprint density at radius 1 is 1.25 bits per heavy atom. The van der Waals surface area contributed by atoms with Crippen LogP contribution < -0.4 is 0 Å². The lowest BCUT2D eigenvalue weighted by molar-refractivity contribution is -0.385. The number of hydrogen-bond acceptors (Lipinski definition) is 5. The summed E-state index contributed by atoms with van der Waals surface area (Å²) in [5.41, 5.74) is 0.340. The molecule has 0 amide bonds. The van der Waals surface area contributed by atoms with Crippen molar-refractivity contribution >= 4 is 15.5 Å². The number of nitro benzene ring substituents is 1. The molecule has 0 spiro atoms. The van der Waals surface area contributed by atoms with Crippen molar-refractivity contribution in [2.75, 3.05) is 25.4 Å². The lowest BCUT2D eigenvalue weighted by atomic mass is 10.2. The highest BCUT2D eigenvalue weighted by Crippen LogP contribution is 2.22. The van der Waals surface area contributed by atoms with E-state index >= 15 is 0 Å². The topological polar surface area (TPSA) is 80.5 Å². The van der Waals surface area contributed by atoms with E-state index in [4.69, 9.17) is 0 Å². The summed E-state index contributed by atoms with van der Waals surface area (Å²) < 4.78 is 24.6. The van der Waals surface area contributed by atoms with Crippen LogP contribution in [-0.4, -0.2) is 43.6 Å². The van der Waals surface area contributed by atoms with E-state index in [0.29, 0.717) is 12.1 Å². The quantitative estimate of drug-likeness (QED) is 0.568. The molecule has 0 saturated heterocycles. The zero-order chi connectivity index (χ0) is 15.3. The average molecular weight is 300 g/mol. The monoisotopic (exact) mass is 300 g/mol. The molecule has 0 aromatic heterocycles. The lowest BCUT2D eigenvalue weighted by Crippen LogP contribution is -2.29. The zero-order valence-electron chi connectivity index (χ0n) is 12.0. The SMILES string of the molecule is CCN(CC)CCS(=O)(=O)c1cc([N+](=O)[O-])ccc1C. The maximum absolute atomic E-state index is 12.3. The van der Waals surface area contributed by atoms with Crippen molar-refractivity contribution in [2.45, 2.75) is 25.7 Å². The highest BCUT2D eigenvalue weighted by atomic mass is 32.2. The maximum Gasteiger partial charge on any atom is 0.270 e. The van der Waals surface area contributed by atoms with Crippen LogP contribution in [0.3, 0.4) is 0 Å². The first-order valence-electron chi connectivity index (χ1n) is 6.52. The molecule has 1 aromatic rings. The van der Waals surface area contributed by atoms with E-state index in [0.717, 1.165) is 19.2 Å². The molecule has 0 heterocycles. The Morgan fingerprint density at radius 3 is 2.35 bits per heavy atom. The van der Waals surface area contributed by atoms with E-state index < -0.39 is 14.8 Å². The summed E-state index contributed by atoms with van der Waals surface area (Å²) in [5, 5.41) is 10.8. The van der Waals surface area contributed by atoms with E-state index in [1.165, 1.54) is 12.1 Å². The minimum atomic E-state index is -3.51. The number of rotatable bonds is 7. The number of benzene rings is 1. The van der Waals surface area contributed by atoms with Crippen molar-refractivity contribution in [3.8, 4) is 0 Å². The first kappa shape index (κ1) is 16.6. The fourth-order valence-corrected chi connectivity index (χ4v) is 3.51. The van der Waals surface area contributed by atoms with E-state index in [1.807, 2.05) is 18.7 Å². The Hall–Kier alpha value is -1.47. The molecule has 112 valence electrons. The third kappa shape index (κ3) is 4.01. The molecule has 7 heteroatoms. The van der Waals surface area contributed by atoms with Gasteiger partial charge in [-0.05, 0) is 25.6 Å². The number of non-ortho nitro benzene ring substituents is 1. The largest absolute Gasteiger partial charge is 0.303 e. The van der Waals surface area contributed by atoms with Gasteiger partial charge in [-0.1, -0.05) is 19.9 Å². The van der Waals surface area contributed by atoms with Crippen LogP contribution in [0, 0.1) is 17.0 Å². The van der Waals surface area contributed by atoms with Gasteiger partial charge in [0.25, 0.3) is 5.69 Å². The van der Waals surface area contributed by atoms with Crippen molar-refractivity contribution in [3.05, 3.63) is 33.9 Å². The molecule has 0 aliphatic heterocycles. The number of sulfone groups is 1. The highest BCUT2D eigenvalue weighted by molar-refractivity contribution is 7.91. The minimum Gasteiger partial charge on any atom is -0.303 e. The Balaban J connectivity index is 3.03. The Morgan fingerprint density at radius 2 is 1.85 bits per heavy atom. The van der Waals surface area contributed by atoms with Crippen LogP contribution >= 0.6 is 0 Å². The summed E-state index contributed by atoms with van der Waals surface area (Å²) in [5.74, 6) is -0.0311. The summed E-state index contributed by atoms with van der Waals surface area (Å²) in [6.45, 7) is 7.56. The molecule has 0 radical (unpaired) electrons. The summed E-state index contributed by atoms with van der Waals surface area (Å²) in [7, 11) is -3.51. The fourth-order valence-electron chi connectivity index (χ4n) is 1.94. The van der Waals surface area contributed by atoms with E-state index in [-0.39, 0.29) is 16.3 Å². The van der Waals surface area contributed by atoms with Gasteiger partial charge >= 0.3 is 0 Å². The molecule has 0 saturated carbocycles. The van der Waals surface area contributed by atoms with Gasteiger partial charge in [0.1, 0.15) is 0 Å². The minimum absolute atomic E-state index is 0.0311. The van der Waals surface area contributed by atoms with Gasteiger partial charge in [-0.2, -0.15) is 0 Å². The average Bonchev–Trinajstić information content (AvgIpc) is 2.39. The number of nitro groups is 1. The van der Waals surface area contributed by atoms with E-state index in [2.05, 4.69) is 0 Å². The van der Waals surface area contributed by atoms with Crippen molar-refractivity contribution in [2.24, 2.45) is 0 Å². The summed E-state index contributed by atoms with van der Waals surface area (Å²) in [4.78, 5) is 12.2. The first-order chi connectivity index (χ1) is 9.31. The fraction of sp³-hybridized carbons (Fsp3) is 0.538. The molecule has 0 fully saturated rings. The normalized spacial score (nSPS) is 11.8. The van der Waals surface area contributed by atoms with Crippen LogP contribution in [0.25, 0.3) is 0 Å². The molecule has 0 aliphatic carbocycles. The molecule has 0 bridgehead atoms. The summed E-state index contributed by atoms with van der Waals surface area (Å²) >= 11 is 0. The Labute approximate surface area is 119 Å². The van der Waals surface area contributed by atoms with Crippen LogP contribution in [-0.2, 0) is 9.84 Å². The smallest absolute Gasteiger partial charge is 0.270 e. The van der Waals surface area contributed by atoms with Gasteiger partial charge in [-0.25, -0.2) is 8.42 Å². The standard InChI is InChI=1S/C13H20N2O4S/c1-4-14(5-2)8-9-20(18,19)13-10-12(15(16)17)7-6-11(13)3/h6-7,10H,4-5,8-9H2,1-3H3. The third-order valence-corrected chi connectivity index (χ3v) is 5.12. The summed E-state index contributed by atoms with van der Waals surface area (Å²) in [6.07, 6.45) is 0. The molecule has 1 rings (SSSR count). The second kappa shape index (κ2) is 6.81. The van der Waals surface area contributed by atoms with Crippen LogP contribution in [0.15, 0.2) is 23.1 Å². The second-order valence-electron chi connectivity index (χ2n) is 4.55. The number of aryl methyl sites for hydroxylation is 1.